The lowest BCUT2D eigenvalue weighted by Crippen LogP contribution is -2.55. The molecule has 0 spiro atoms. The van der Waals surface area contributed by atoms with E-state index in [9.17, 15) is 9.59 Å². The highest BCUT2D eigenvalue weighted by Crippen LogP contribution is 2.59. The van der Waals surface area contributed by atoms with Crippen molar-refractivity contribution in [3.63, 3.8) is 0 Å². The lowest BCUT2D eigenvalue weighted by Gasteiger charge is -2.58. The molecule has 4 nitrogen and oxygen atoms in total. The van der Waals surface area contributed by atoms with E-state index in [0.29, 0.717) is 30.6 Å². The third-order valence-electron chi connectivity index (χ3n) is 8.44. The molecule has 4 bridgehead atoms. The summed E-state index contributed by atoms with van der Waals surface area (Å²) in [6, 6.07) is 0. The Morgan fingerprint density at radius 1 is 0.742 bits per heavy atom. The van der Waals surface area contributed by atoms with Gasteiger partial charge in [-0.15, -0.1) is 0 Å². The van der Waals surface area contributed by atoms with Gasteiger partial charge in [0.25, 0.3) is 0 Å². The van der Waals surface area contributed by atoms with Crippen molar-refractivity contribution in [2.24, 2.45) is 40.4 Å². The van der Waals surface area contributed by atoms with E-state index in [0.717, 1.165) is 11.8 Å². The van der Waals surface area contributed by atoms with Crippen molar-refractivity contribution in [3.8, 4) is 0 Å². The van der Waals surface area contributed by atoms with Crippen molar-refractivity contribution in [1.29, 1.82) is 0 Å². The Bertz CT molecular complexity index is 671. The van der Waals surface area contributed by atoms with Gasteiger partial charge >= 0.3 is 11.9 Å². The first kappa shape index (κ1) is 24.6. The predicted octanol–water partition coefficient (Wildman–Crippen LogP) is 6.55. The van der Waals surface area contributed by atoms with Gasteiger partial charge in [-0.3, -0.25) is 9.59 Å². The summed E-state index contributed by atoms with van der Waals surface area (Å²) in [7, 11) is 0. The fourth-order valence-electron chi connectivity index (χ4n) is 7.30. The first-order chi connectivity index (χ1) is 14.1. The number of esters is 2. The highest BCUT2D eigenvalue weighted by atomic mass is 16.6. The molecule has 4 heteroatoms. The monoisotopic (exact) mass is 434 g/mol. The molecule has 4 aliphatic carbocycles. The summed E-state index contributed by atoms with van der Waals surface area (Å²) in [6.45, 7) is 17.6. The van der Waals surface area contributed by atoms with E-state index in [1.54, 1.807) is 0 Å². The molecule has 4 aliphatic rings. The Kier molecular flexibility index (Phi) is 6.39. The Labute approximate surface area is 190 Å². The second-order valence-electron chi connectivity index (χ2n) is 13.4. The SMILES string of the molecule is CCC(C)(CC(C)(C)C(=O)OC(C)(C)C)C(=O)OC(C)(C)C1C2CC3CC(C2)CC1C3. The summed E-state index contributed by atoms with van der Waals surface area (Å²) in [6.07, 6.45) is 7.74. The van der Waals surface area contributed by atoms with Crippen LogP contribution in [0.1, 0.15) is 107 Å². The van der Waals surface area contributed by atoms with Crippen molar-refractivity contribution < 1.29 is 19.1 Å². The lowest BCUT2D eigenvalue weighted by atomic mass is 9.49. The predicted molar refractivity (Wildman–Crippen MR) is 123 cm³/mol. The van der Waals surface area contributed by atoms with Crippen molar-refractivity contribution in [1.82, 2.24) is 0 Å². The van der Waals surface area contributed by atoms with E-state index in [-0.39, 0.29) is 11.9 Å². The maximum Gasteiger partial charge on any atom is 0.312 e. The van der Waals surface area contributed by atoms with Crippen molar-refractivity contribution in [2.75, 3.05) is 0 Å². The number of hydrogen-bond donors (Lipinski definition) is 0. The zero-order valence-corrected chi connectivity index (χ0v) is 21.5. The van der Waals surface area contributed by atoms with E-state index in [4.69, 9.17) is 9.47 Å². The quantitative estimate of drug-likeness (QED) is 0.426. The molecule has 178 valence electrons. The van der Waals surface area contributed by atoms with E-state index < -0.39 is 22.0 Å². The van der Waals surface area contributed by atoms with Crippen LogP contribution in [0.15, 0.2) is 0 Å². The Balaban J connectivity index is 1.71. The Morgan fingerprint density at radius 3 is 1.65 bits per heavy atom. The van der Waals surface area contributed by atoms with Crippen LogP contribution in [0.4, 0.5) is 0 Å². The molecule has 0 aromatic heterocycles. The van der Waals surface area contributed by atoms with Gasteiger partial charge in [0.2, 0.25) is 0 Å². The van der Waals surface area contributed by atoms with Crippen LogP contribution in [0.25, 0.3) is 0 Å². The molecule has 4 rings (SSSR count). The smallest absolute Gasteiger partial charge is 0.312 e. The van der Waals surface area contributed by atoms with Crippen molar-refractivity contribution in [3.05, 3.63) is 0 Å². The third kappa shape index (κ3) is 5.14. The molecule has 0 radical (unpaired) electrons. The van der Waals surface area contributed by atoms with E-state index in [1.807, 2.05) is 48.5 Å². The molecule has 0 saturated heterocycles. The molecular formula is C27H46O4. The largest absolute Gasteiger partial charge is 0.460 e. The van der Waals surface area contributed by atoms with Crippen LogP contribution in [0, 0.1) is 40.4 Å². The second kappa shape index (κ2) is 8.06. The highest BCUT2D eigenvalue weighted by molar-refractivity contribution is 5.80. The van der Waals surface area contributed by atoms with E-state index in [1.165, 1.54) is 32.1 Å². The minimum atomic E-state index is -0.760. The number of carbonyl (C=O) groups is 2. The molecule has 0 amide bonds. The Hall–Kier alpha value is -1.06. The average Bonchev–Trinajstić information content (AvgIpc) is 2.58. The summed E-state index contributed by atoms with van der Waals surface area (Å²) in [5.41, 5.74) is -2.49. The number of hydrogen-bond acceptors (Lipinski definition) is 4. The molecule has 4 fully saturated rings. The molecule has 1 atom stereocenters. The minimum Gasteiger partial charge on any atom is -0.460 e. The fourth-order valence-corrected chi connectivity index (χ4v) is 7.30. The van der Waals surface area contributed by atoms with Crippen LogP contribution in [0.2, 0.25) is 0 Å². The van der Waals surface area contributed by atoms with Gasteiger partial charge in [0.15, 0.2) is 0 Å². The lowest BCUT2D eigenvalue weighted by molar-refractivity contribution is -0.193. The van der Waals surface area contributed by atoms with Gasteiger partial charge in [-0.1, -0.05) is 6.92 Å². The van der Waals surface area contributed by atoms with Crippen LogP contribution < -0.4 is 0 Å². The van der Waals surface area contributed by atoms with Gasteiger partial charge in [-0.05, 0) is 124 Å². The normalized spacial score (nSPS) is 32.5. The number of ether oxygens (including phenoxy) is 2. The van der Waals surface area contributed by atoms with E-state index >= 15 is 0 Å². The molecular weight excluding hydrogens is 388 g/mol. The van der Waals surface area contributed by atoms with Gasteiger partial charge in [0, 0.05) is 5.92 Å². The van der Waals surface area contributed by atoms with Crippen molar-refractivity contribution >= 4 is 11.9 Å². The van der Waals surface area contributed by atoms with E-state index in [2.05, 4.69) is 13.8 Å². The summed E-state index contributed by atoms with van der Waals surface area (Å²) in [4.78, 5) is 26.4. The maximum atomic E-state index is 13.6. The third-order valence-corrected chi connectivity index (χ3v) is 8.44. The molecule has 0 aliphatic heterocycles. The standard InChI is InChI=1S/C27H46O4/c1-10-27(9,16-25(5,6)22(28)30-24(2,3)4)23(29)31-26(7,8)21-19-12-17-11-18(14-19)15-20(21)13-17/h17-21H,10-16H2,1-9H3. The van der Waals surface area contributed by atoms with Crippen molar-refractivity contribution in [2.45, 2.75) is 118 Å². The average molecular weight is 435 g/mol. The van der Waals surface area contributed by atoms with Gasteiger partial charge in [-0.2, -0.15) is 0 Å². The highest BCUT2D eigenvalue weighted by Gasteiger charge is 2.55. The van der Waals surface area contributed by atoms with Gasteiger partial charge < -0.3 is 9.47 Å². The zero-order chi connectivity index (χ0) is 23.4. The molecule has 0 aromatic rings. The summed E-state index contributed by atoms with van der Waals surface area (Å²) >= 11 is 0. The molecule has 31 heavy (non-hydrogen) atoms. The fraction of sp³-hybridized carbons (Fsp3) is 0.926. The molecule has 0 aromatic carbocycles. The van der Waals surface area contributed by atoms with Crippen LogP contribution in [-0.4, -0.2) is 23.1 Å². The zero-order valence-electron chi connectivity index (χ0n) is 21.5. The van der Waals surface area contributed by atoms with Crippen LogP contribution in [0.3, 0.4) is 0 Å². The summed E-state index contributed by atoms with van der Waals surface area (Å²) in [5, 5.41) is 0. The van der Waals surface area contributed by atoms with Crippen LogP contribution >= 0.6 is 0 Å². The van der Waals surface area contributed by atoms with Gasteiger partial charge in [0.05, 0.1) is 10.8 Å². The molecule has 4 saturated carbocycles. The second-order valence-corrected chi connectivity index (χ2v) is 13.4. The minimum absolute atomic E-state index is 0.162. The molecule has 0 N–H and O–H groups in total. The van der Waals surface area contributed by atoms with Crippen LogP contribution in [0.5, 0.6) is 0 Å². The number of rotatable bonds is 7. The van der Waals surface area contributed by atoms with Gasteiger partial charge in [0.1, 0.15) is 11.2 Å². The molecule has 1 unspecified atom stereocenters. The van der Waals surface area contributed by atoms with Gasteiger partial charge in [-0.25, -0.2) is 0 Å². The first-order valence-corrected chi connectivity index (χ1v) is 12.5. The summed E-state index contributed by atoms with van der Waals surface area (Å²) in [5.74, 6) is 3.25. The summed E-state index contributed by atoms with van der Waals surface area (Å²) < 4.78 is 12.0. The Morgan fingerprint density at radius 2 is 1.23 bits per heavy atom. The molecule has 0 heterocycles. The topological polar surface area (TPSA) is 52.6 Å². The number of carbonyl (C=O) groups excluding carboxylic acids is 2. The van der Waals surface area contributed by atoms with Crippen LogP contribution in [-0.2, 0) is 19.1 Å². The first-order valence-electron chi connectivity index (χ1n) is 12.5. The maximum absolute atomic E-state index is 13.6.